The maximum absolute atomic E-state index is 11.2. The Morgan fingerprint density at radius 1 is 1.38 bits per heavy atom. The highest BCUT2D eigenvalue weighted by Gasteiger charge is 2.17. The molecule has 2 nitrogen and oxygen atoms in total. The smallest absolute Gasteiger partial charge is 0.0302 e. The van der Waals surface area contributed by atoms with E-state index in [2.05, 4.69) is 24.4 Å². The van der Waals surface area contributed by atoms with Gasteiger partial charge in [-0.1, -0.05) is 6.92 Å². The molecule has 0 spiro atoms. The summed E-state index contributed by atoms with van der Waals surface area (Å²) in [5, 5.41) is 3.57. The van der Waals surface area contributed by atoms with Crippen LogP contribution in [0.15, 0.2) is 12.1 Å². The zero-order valence-corrected chi connectivity index (χ0v) is 11.3. The zero-order chi connectivity index (χ0) is 11.4. The first-order chi connectivity index (χ1) is 7.78. The van der Waals surface area contributed by atoms with Crippen LogP contribution in [0, 0.1) is 0 Å². The monoisotopic (exact) mass is 257 g/mol. The molecule has 2 heterocycles. The van der Waals surface area contributed by atoms with Gasteiger partial charge < -0.3 is 5.32 Å². The van der Waals surface area contributed by atoms with E-state index < -0.39 is 10.8 Å². The van der Waals surface area contributed by atoms with Gasteiger partial charge in [0.1, 0.15) is 0 Å². The molecule has 1 fully saturated rings. The summed E-state index contributed by atoms with van der Waals surface area (Å²) in [5.41, 5.74) is 0. The fraction of sp³-hybridized carbons (Fsp3) is 0.667. The Balaban J connectivity index is 1.76. The molecule has 0 aliphatic carbocycles. The second-order valence-electron chi connectivity index (χ2n) is 4.22. The van der Waals surface area contributed by atoms with Crippen LogP contribution in [-0.2, 0) is 23.8 Å². The second-order valence-corrected chi connectivity index (χ2v) is 7.17. The standard InChI is InChI=1S/C12H19NOS2/c1-2-11-3-4-12(15-11)9-13-10-5-7-16(14)8-6-10/h3-4,10,13H,2,5-9H2,1H3. The largest absolute Gasteiger partial charge is 0.309 e. The Kier molecular flexibility index (Phi) is 4.55. The van der Waals surface area contributed by atoms with Gasteiger partial charge >= 0.3 is 0 Å². The molecular formula is C12H19NOS2. The number of aryl methyl sites for hydroxylation is 1. The lowest BCUT2D eigenvalue weighted by atomic mass is 10.1. The fourth-order valence-corrected chi connectivity index (χ4v) is 4.16. The molecule has 0 aromatic carbocycles. The third kappa shape index (κ3) is 3.40. The van der Waals surface area contributed by atoms with Gasteiger partial charge in [-0.05, 0) is 31.4 Å². The predicted octanol–water partition coefficient (Wildman–Crippen LogP) is 2.31. The third-order valence-corrected chi connectivity index (χ3v) is 5.63. The van der Waals surface area contributed by atoms with Crippen molar-refractivity contribution in [2.24, 2.45) is 0 Å². The van der Waals surface area contributed by atoms with Crippen molar-refractivity contribution >= 4 is 22.1 Å². The molecule has 0 amide bonds. The molecule has 4 heteroatoms. The van der Waals surface area contributed by atoms with E-state index in [1.807, 2.05) is 11.3 Å². The minimum atomic E-state index is -0.544. The highest BCUT2D eigenvalue weighted by molar-refractivity contribution is 7.85. The molecule has 0 atom stereocenters. The Labute approximate surface area is 104 Å². The molecule has 1 aliphatic heterocycles. The third-order valence-electron chi connectivity index (χ3n) is 3.02. The Morgan fingerprint density at radius 2 is 2.06 bits per heavy atom. The summed E-state index contributed by atoms with van der Waals surface area (Å²) in [5.74, 6) is 1.75. The van der Waals surface area contributed by atoms with Crippen LogP contribution in [0.1, 0.15) is 29.5 Å². The minimum Gasteiger partial charge on any atom is -0.309 e. The van der Waals surface area contributed by atoms with E-state index in [1.165, 1.54) is 9.75 Å². The minimum absolute atomic E-state index is 0.544. The topological polar surface area (TPSA) is 29.1 Å². The van der Waals surface area contributed by atoms with E-state index in [0.717, 1.165) is 37.3 Å². The first-order valence-electron chi connectivity index (χ1n) is 5.94. The van der Waals surface area contributed by atoms with Crippen molar-refractivity contribution in [2.75, 3.05) is 11.5 Å². The maximum atomic E-state index is 11.2. The number of thiophene rings is 1. The molecule has 1 aromatic rings. The van der Waals surface area contributed by atoms with E-state index in [-0.39, 0.29) is 0 Å². The van der Waals surface area contributed by atoms with Crippen LogP contribution in [0.25, 0.3) is 0 Å². The molecule has 1 aliphatic rings. The second kappa shape index (κ2) is 5.94. The van der Waals surface area contributed by atoms with Crippen molar-refractivity contribution in [3.63, 3.8) is 0 Å². The van der Waals surface area contributed by atoms with E-state index >= 15 is 0 Å². The molecule has 1 N–H and O–H groups in total. The first kappa shape index (κ1) is 12.3. The van der Waals surface area contributed by atoms with Crippen LogP contribution in [0.2, 0.25) is 0 Å². The van der Waals surface area contributed by atoms with E-state index in [9.17, 15) is 4.21 Å². The van der Waals surface area contributed by atoms with Crippen molar-refractivity contribution in [1.82, 2.24) is 5.32 Å². The molecule has 0 unspecified atom stereocenters. The lowest BCUT2D eigenvalue weighted by Crippen LogP contribution is -2.35. The van der Waals surface area contributed by atoms with E-state index in [0.29, 0.717) is 6.04 Å². The SMILES string of the molecule is CCc1ccc(CNC2CCS(=O)CC2)s1. The van der Waals surface area contributed by atoms with Crippen LogP contribution in [0.3, 0.4) is 0 Å². The van der Waals surface area contributed by atoms with Crippen LogP contribution in [0.5, 0.6) is 0 Å². The van der Waals surface area contributed by atoms with E-state index in [4.69, 9.17) is 0 Å². The van der Waals surface area contributed by atoms with Gasteiger partial charge in [0.15, 0.2) is 0 Å². The van der Waals surface area contributed by atoms with Gasteiger partial charge in [-0.25, -0.2) is 0 Å². The quantitative estimate of drug-likeness (QED) is 0.897. The lowest BCUT2D eigenvalue weighted by Gasteiger charge is -2.22. The number of hydrogen-bond donors (Lipinski definition) is 1. The first-order valence-corrected chi connectivity index (χ1v) is 8.24. The Morgan fingerprint density at radius 3 is 2.69 bits per heavy atom. The molecule has 2 rings (SSSR count). The van der Waals surface area contributed by atoms with Crippen LogP contribution in [-0.4, -0.2) is 21.8 Å². The van der Waals surface area contributed by atoms with Crippen LogP contribution >= 0.6 is 11.3 Å². The maximum Gasteiger partial charge on any atom is 0.0302 e. The van der Waals surface area contributed by atoms with Gasteiger partial charge in [0, 0.05) is 44.6 Å². The van der Waals surface area contributed by atoms with Gasteiger partial charge in [-0.15, -0.1) is 11.3 Å². The van der Waals surface area contributed by atoms with Crippen molar-refractivity contribution in [3.8, 4) is 0 Å². The summed E-state index contributed by atoms with van der Waals surface area (Å²) in [7, 11) is -0.544. The molecule has 0 bridgehead atoms. The summed E-state index contributed by atoms with van der Waals surface area (Å²) >= 11 is 1.90. The van der Waals surface area contributed by atoms with Crippen molar-refractivity contribution < 1.29 is 4.21 Å². The molecule has 0 radical (unpaired) electrons. The summed E-state index contributed by atoms with van der Waals surface area (Å²) in [6.07, 6.45) is 3.27. The summed E-state index contributed by atoms with van der Waals surface area (Å²) < 4.78 is 11.2. The van der Waals surface area contributed by atoms with E-state index in [1.54, 1.807) is 0 Å². The van der Waals surface area contributed by atoms with Gasteiger partial charge in [0.05, 0.1) is 0 Å². The summed E-state index contributed by atoms with van der Waals surface area (Å²) in [6.45, 7) is 3.17. The van der Waals surface area contributed by atoms with Gasteiger partial charge in [-0.3, -0.25) is 4.21 Å². The Hall–Kier alpha value is -0.190. The predicted molar refractivity (Wildman–Crippen MR) is 71.4 cm³/mol. The molecular weight excluding hydrogens is 238 g/mol. The lowest BCUT2D eigenvalue weighted by molar-refractivity contribution is 0.477. The highest BCUT2D eigenvalue weighted by Crippen LogP contribution is 2.17. The van der Waals surface area contributed by atoms with Crippen LogP contribution < -0.4 is 5.32 Å². The van der Waals surface area contributed by atoms with Crippen molar-refractivity contribution in [2.45, 2.75) is 38.8 Å². The fourth-order valence-electron chi connectivity index (χ4n) is 1.95. The average Bonchev–Trinajstić information content (AvgIpc) is 2.76. The molecule has 1 saturated heterocycles. The zero-order valence-electron chi connectivity index (χ0n) is 9.70. The number of hydrogen-bond acceptors (Lipinski definition) is 3. The highest BCUT2D eigenvalue weighted by atomic mass is 32.2. The summed E-state index contributed by atoms with van der Waals surface area (Å²) in [4.78, 5) is 2.88. The molecule has 16 heavy (non-hydrogen) atoms. The number of rotatable bonds is 4. The van der Waals surface area contributed by atoms with Gasteiger partial charge in [0.2, 0.25) is 0 Å². The average molecular weight is 257 g/mol. The van der Waals surface area contributed by atoms with Crippen molar-refractivity contribution in [3.05, 3.63) is 21.9 Å². The summed E-state index contributed by atoms with van der Waals surface area (Å²) in [6, 6.07) is 5.01. The van der Waals surface area contributed by atoms with Gasteiger partial charge in [-0.2, -0.15) is 0 Å². The molecule has 0 saturated carbocycles. The number of nitrogens with one attached hydrogen (secondary N) is 1. The normalized spacial score (nSPS) is 25.8. The Bertz CT molecular complexity index is 352. The van der Waals surface area contributed by atoms with Gasteiger partial charge in [0.25, 0.3) is 0 Å². The molecule has 1 aromatic heterocycles. The van der Waals surface area contributed by atoms with Crippen molar-refractivity contribution in [1.29, 1.82) is 0 Å². The molecule has 90 valence electrons. The van der Waals surface area contributed by atoms with Crippen LogP contribution in [0.4, 0.5) is 0 Å².